The Morgan fingerprint density at radius 1 is 1.24 bits per heavy atom. The van der Waals surface area contributed by atoms with E-state index in [2.05, 4.69) is 5.32 Å². The van der Waals surface area contributed by atoms with Gasteiger partial charge in [0.1, 0.15) is 0 Å². The Labute approximate surface area is 155 Å². The van der Waals surface area contributed by atoms with E-state index in [-0.39, 0.29) is 24.9 Å². The molecule has 2 rings (SSSR count). The number of halogens is 1. The number of benzene rings is 1. The van der Waals surface area contributed by atoms with E-state index in [0.717, 1.165) is 43.2 Å². The Bertz CT molecular complexity index is 705. The summed E-state index contributed by atoms with van der Waals surface area (Å²) < 4.78 is 25.7. The standard InChI is InChI=1S/C18H27ClN2O3S/c1-13-11-14(2)18(16(19)12-13)20-17(22)9-10-21(25(3,23)24)15-7-5-4-6-8-15/h11-12,15H,4-10H2,1-3H3,(H,20,22). The number of rotatable bonds is 6. The summed E-state index contributed by atoms with van der Waals surface area (Å²) in [6.07, 6.45) is 6.32. The number of hydrogen-bond donors (Lipinski definition) is 1. The first-order chi connectivity index (χ1) is 11.7. The second-order valence-electron chi connectivity index (χ2n) is 6.90. The number of aryl methyl sites for hydroxylation is 2. The number of nitrogens with one attached hydrogen (secondary N) is 1. The quantitative estimate of drug-likeness (QED) is 0.806. The Kier molecular flexibility index (Phi) is 6.88. The van der Waals surface area contributed by atoms with Gasteiger partial charge in [-0.2, -0.15) is 4.31 Å². The monoisotopic (exact) mass is 386 g/mol. The first kappa shape index (κ1) is 20.2. The van der Waals surface area contributed by atoms with Gasteiger partial charge in [0.05, 0.1) is 17.0 Å². The van der Waals surface area contributed by atoms with Crippen LogP contribution in [0.25, 0.3) is 0 Å². The third kappa shape index (κ3) is 5.69. The second-order valence-corrected chi connectivity index (χ2v) is 9.24. The molecular formula is C18H27ClN2O3S. The van der Waals surface area contributed by atoms with Crippen molar-refractivity contribution in [3.05, 3.63) is 28.3 Å². The van der Waals surface area contributed by atoms with Crippen molar-refractivity contribution < 1.29 is 13.2 Å². The van der Waals surface area contributed by atoms with Crippen molar-refractivity contribution in [3.8, 4) is 0 Å². The van der Waals surface area contributed by atoms with E-state index >= 15 is 0 Å². The molecule has 0 radical (unpaired) electrons. The summed E-state index contributed by atoms with van der Waals surface area (Å²) in [5.41, 5.74) is 2.52. The maximum atomic E-state index is 12.3. The van der Waals surface area contributed by atoms with Crippen LogP contribution in [-0.2, 0) is 14.8 Å². The van der Waals surface area contributed by atoms with Gasteiger partial charge in [0.15, 0.2) is 0 Å². The number of anilines is 1. The molecule has 25 heavy (non-hydrogen) atoms. The molecule has 1 aliphatic carbocycles. The van der Waals surface area contributed by atoms with Crippen LogP contribution in [0.2, 0.25) is 5.02 Å². The smallest absolute Gasteiger partial charge is 0.225 e. The molecule has 0 unspecified atom stereocenters. The van der Waals surface area contributed by atoms with Gasteiger partial charge in [0.2, 0.25) is 15.9 Å². The Balaban J connectivity index is 2.02. The lowest BCUT2D eigenvalue weighted by molar-refractivity contribution is -0.116. The van der Waals surface area contributed by atoms with Crippen molar-refractivity contribution >= 4 is 33.2 Å². The molecule has 1 aromatic carbocycles. The fourth-order valence-corrected chi connectivity index (χ4v) is 5.02. The van der Waals surface area contributed by atoms with Crippen LogP contribution in [-0.4, -0.2) is 37.5 Å². The Hall–Kier alpha value is -1.11. The van der Waals surface area contributed by atoms with Gasteiger partial charge in [0, 0.05) is 19.0 Å². The van der Waals surface area contributed by atoms with Gasteiger partial charge in [-0.3, -0.25) is 4.79 Å². The van der Waals surface area contributed by atoms with Crippen molar-refractivity contribution in [2.24, 2.45) is 0 Å². The van der Waals surface area contributed by atoms with Crippen molar-refractivity contribution in [1.29, 1.82) is 0 Å². The second kappa shape index (κ2) is 8.52. The molecule has 7 heteroatoms. The highest BCUT2D eigenvalue weighted by molar-refractivity contribution is 7.88. The topological polar surface area (TPSA) is 66.5 Å². The van der Waals surface area contributed by atoms with Crippen LogP contribution < -0.4 is 5.32 Å². The summed E-state index contributed by atoms with van der Waals surface area (Å²) in [6.45, 7) is 4.04. The van der Waals surface area contributed by atoms with E-state index in [1.165, 1.54) is 10.6 Å². The van der Waals surface area contributed by atoms with Gasteiger partial charge in [-0.05, 0) is 43.9 Å². The zero-order valence-corrected chi connectivity index (χ0v) is 16.7. The Morgan fingerprint density at radius 3 is 2.44 bits per heavy atom. The summed E-state index contributed by atoms with van der Waals surface area (Å²) in [6, 6.07) is 3.77. The van der Waals surface area contributed by atoms with Gasteiger partial charge < -0.3 is 5.32 Å². The molecule has 5 nitrogen and oxygen atoms in total. The molecule has 0 spiro atoms. The molecule has 1 aromatic rings. The van der Waals surface area contributed by atoms with Crippen LogP contribution in [0.5, 0.6) is 0 Å². The number of sulfonamides is 1. The fourth-order valence-electron chi connectivity index (χ4n) is 3.48. The SMILES string of the molecule is Cc1cc(C)c(NC(=O)CCN(C2CCCCC2)S(C)(=O)=O)c(Cl)c1. The van der Waals surface area contributed by atoms with Gasteiger partial charge in [-0.15, -0.1) is 0 Å². The summed E-state index contributed by atoms with van der Waals surface area (Å²) in [4.78, 5) is 12.3. The van der Waals surface area contributed by atoms with Crippen molar-refractivity contribution in [2.75, 3.05) is 18.1 Å². The summed E-state index contributed by atoms with van der Waals surface area (Å²) in [5, 5.41) is 3.32. The highest BCUT2D eigenvalue weighted by atomic mass is 35.5. The largest absolute Gasteiger partial charge is 0.325 e. The molecule has 140 valence electrons. The summed E-state index contributed by atoms with van der Waals surface area (Å²) >= 11 is 6.21. The minimum absolute atomic E-state index is 0.0150. The van der Waals surface area contributed by atoms with E-state index in [1.54, 1.807) is 6.07 Å². The van der Waals surface area contributed by atoms with E-state index in [4.69, 9.17) is 11.6 Å². The average Bonchev–Trinajstić information content (AvgIpc) is 2.51. The molecule has 0 bridgehead atoms. The van der Waals surface area contributed by atoms with Crippen LogP contribution in [0.1, 0.15) is 49.7 Å². The summed E-state index contributed by atoms with van der Waals surface area (Å²) in [7, 11) is -3.33. The molecule has 0 atom stereocenters. The molecule has 1 aliphatic rings. The third-order valence-corrected chi connectivity index (χ3v) is 6.29. The van der Waals surface area contributed by atoms with Crippen molar-refractivity contribution in [3.63, 3.8) is 0 Å². The van der Waals surface area contributed by atoms with Crippen LogP contribution >= 0.6 is 11.6 Å². The van der Waals surface area contributed by atoms with Crippen LogP contribution in [0.4, 0.5) is 5.69 Å². The molecular weight excluding hydrogens is 360 g/mol. The lowest BCUT2D eigenvalue weighted by Crippen LogP contribution is -2.42. The van der Waals surface area contributed by atoms with Crippen molar-refractivity contribution in [1.82, 2.24) is 4.31 Å². The molecule has 0 saturated heterocycles. The first-order valence-corrected chi connectivity index (χ1v) is 10.9. The van der Waals surface area contributed by atoms with Crippen LogP contribution in [0.3, 0.4) is 0 Å². The van der Waals surface area contributed by atoms with Gasteiger partial charge in [-0.25, -0.2) is 8.42 Å². The predicted molar refractivity (Wildman–Crippen MR) is 103 cm³/mol. The molecule has 1 N–H and O–H groups in total. The minimum Gasteiger partial charge on any atom is -0.325 e. The number of hydrogen-bond acceptors (Lipinski definition) is 3. The first-order valence-electron chi connectivity index (χ1n) is 8.72. The van der Waals surface area contributed by atoms with Gasteiger partial charge in [-0.1, -0.05) is 36.9 Å². The average molecular weight is 387 g/mol. The third-order valence-electron chi connectivity index (χ3n) is 4.66. The summed E-state index contributed by atoms with van der Waals surface area (Å²) in [5.74, 6) is -0.224. The number of nitrogens with zero attached hydrogens (tertiary/aromatic N) is 1. The number of carbonyl (C=O) groups excluding carboxylic acids is 1. The van der Waals surface area contributed by atoms with E-state index < -0.39 is 10.0 Å². The normalized spacial score (nSPS) is 16.2. The highest BCUT2D eigenvalue weighted by Gasteiger charge is 2.28. The molecule has 0 aliphatic heterocycles. The highest BCUT2D eigenvalue weighted by Crippen LogP contribution is 2.28. The van der Waals surface area contributed by atoms with Gasteiger partial charge in [0.25, 0.3) is 0 Å². The van der Waals surface area contributed by atoms with Crippen LogP contribution in [0, 0.1) is 13.8 Å². The zero-order chi connectivity index (χ0) is 18.6. The van der Waals surface area contributed by atoms with Crippen molar-refractivity contribution in [2.45, 2.75) is 58.4 Å². The Morgan fingerprint density at radius 2 is 1.88 bits per heavy atom. The zero-order valence-electron chi connectivity index (χ0n) is 15.1. The number of carbonyl (C=O) groups is 1. The molecule has 1 saturated carbocycles. The lowest BCUT2D eigenvalue weighted by Gasteiger charge is -2.32. The van der Waals surface area contributed by atoms with Gasteiger partial charge >= 0.3 is 0 Å². The van der Waals surface area contributed by atoms with E-state index in [9.17, 15) is 13.2 Å². The van der Waals surface area contributed by atoms with Crippen LogP contribution in [0.15, 0.2) is 12.1 Å². The van der Waals surface area contributed by atoms with E-state index in [1.807, 2.05) is 19.9 Å². The predicted octanol–water partition coefficient (Wildman–Crippen LogP) is 3.88. The molecule has 0 heterocycles. The van der Waals surface area contributed by atoms with E-state index in [0.29, 0.717) is 10.7 Å². The molecule has 1 amide bonds. The fraction of sp³-hybridized carbons (Fsp3) is 0.611. The number of amides is 1. The minimum atomic E-state index is -3.33. The lowest BCUT2D eigenvalue weighted by atomic mass is 9.95. The maximum Gasteiger partial charge on any atom is 0.225 e. The molecule has 1 fully saturated rings. The maximum absolute atomic E-state index is 12.3. The molecule has 0 aromatic heterocycles.